The van der Waals surface area contributed by atoms with Gasteiger partial charge >= 0.3 is 0 Å². The van der Waals surface area contributed by atoms with Gasteiger partial charge in [0.1, 0.15) is 5.69 Å². The van der Waals surface area contributed by atoms with Crippen molar-refractivity contribution in [1.82, 2.24) is 9.78 Å². The topological polar surface area (TPSA) is 38.1 Å². The second-order valence-electron chi connectivity index (χ2n) is 4.29. The second-order valence-corrected chi connectivity index (χ2v) is 4.29. The lowest BCUT2D eigenvalue weighted by Crippen LogP contribution is -2.04. The van der Waals surface area contributed by atoms with Gasteiger partial charge in [-0.15, -0.1) is 0 Å². The van der Waals surface area contributed by atoms with Crippen LogP contribution in [0.2, 0.25) is 0 Å². The van der Waals surface area contributed by atoms with E-state index in [1.165, 1.54) is 11.8 Å². The first-order chi connectivity index (χ1) is 7.59. The van der Waals surface area contributed by atoms with Gasteiger partial charge in [0.25, 0.3) is 0 Å². The molecule has 0 fully saturated rings. The van der Waals surface area contributed by atoms with E-state index in [-0.39, 0.29) is 11.8 Å². The molecule has 0 unspecified atom stereocenters. The molecular formula is C13H16N2O. The number of aromatic nitrogens is 2. The third-order valence-corrected chi connectivity index (χ3v) is 2.56. The van der Waals surface area contributed by atoms with Crippen molar-refractivity contribution in [3.63, 3.8) is 0 Å². The van der Waals surface area contributed by atoms with Crippen LogP contribution < -0.4 is 0 Å². The summed E-state index contributed by atoms with van der Waals surface area (Å²) in [6.07, 6.45) is 1.50. The Hall–Kier alpha value is -1.77. The largest absolute Gasteiger partial charge is 0.504 e. The molecule has 1 N–H and O–H groups in total. The molecule has 0 amide bonds. The van der Waals surface area contributed by atoms with Crippen LogP contribution in [0.15, 0.2) is 30.5 Å². The Balaban J connectivity index is 2.59. The molecule has 2 aromatic rings. The Bertz CT molecular complexity index is 500. The molecular weight excluding hydrogens is 200 g/mol. The van der Waals surface area contributed by atoms with E-state index in [1.807, 2.05) is 43.7 Å². The van der Waals surface area contributed by atoms with E-state index in [0.29, 0.717) is 0 Å². The summed E-state index contributed by atoms with van der Waals surface area (Å²) < 4.78 is 1.84. The third-order valence-electron chi connectivity index (χ3n) is 2.56. The summed E-state index contributed by atoms with van der Waals surface area (Å²) in [5, 5.41) is 14.0. The van der Waals surface area contributed by atoms with E-state index < -0.39 is 0 Å². The van der Waals surface area contributed by atoms with E-state index in [1.54, 1.807) is 0 Å². The minimum absolute atomic E-state index is 0.233. The molecule has 16 heavy (non-hydrogen) atoms. The summed E-state index contributed by atoms with van der Waals surface area (Å²) in [5.74, 6) is 0.235. The molecule has 0 radical (unpaired) electrons. The van der Waals surface area contributed by atoms with E-state index in [2.05, 4.69) is 11.2 Å². The predicted molar refractivity (Wildman–Crippen MR) is 64.4 cm³/mol. The maximum Gasteiger partial charge on any atom is 0.161 e. The van der Waals surface area contributed by atoms with Crippen molar-refractivity contribution in [3.05, 3.63) is 36.0 Å². The van der Waals surface area contributed by atoms with Crippen molar-refractivity contribution in [2.24, 2.45) is 0 Å². The van der Waals surface area contributed by atoms with Crippen LogP contribution >= 0.6 is 0 Å². The Kier molecular flexibility index (Phi) is 2.69. The summed E-state index contributed by atoms with van der Waals surface area (Å²) in [7, 11) is 0. The van der Waals surface area contributed by atoms with Crippen LogP contribution in [0, 0.1) is 6.92 Å². The molecule has 0 atom stereocenters. The van der Waals surface area contributed by atoms with Crippen LogP contribution in [-0.2, 0) is 0 Å². The number of rotatable bonds is 2. The van der Waals surface area contributed by atoms with Crippen molar-refractivity contribution >= 4 is 0 Å². The summed E-state index contributed by atoms with van der Waals surface area (Å²) >= 11 is 0. The molecule has 0 bridgehead atoms. The molecule has 1 heterocycles. The minimum atomic E-state index is 0.233. The van der Waals surface area contributed by atoms with Crippen molar-refractivity contribution < 1.29 is 5.11 Å². The van der Waals surface area contributed by atoms with Gasteiger partial charge in [-0.25, -0.2) is 0 Å². The first kappa shape index (κ1) is 10.7. The van der Waals surface area contributed by atoms with E-state index in [9.17, 15) is 5.11 Å². The average Bonchev–Trinajstić information content (AvgIpc) is 2.60. The highest BCUT2D eigenvalue weighted by molar-refractivity contribution is 5.66. The molecule has 2 rings (SSSR count). The fourth-order valence-corrected chi connectivity index (χ4v) is 1.82. The highest BCUT2D eigenvalue weighted by atomic mass is 16.3. The molecule has 3 heteroatoms. The van der Waals surface area contributed by atoms with Gasteiger partial charge < -0.3 is 5.11 Å². The van der Waals surface area contributed by atoms with Gasteiger partial charge in [0.05, 0.1) is 6.20 Å². The van der Waals surface area contributed by atoms with Crippen LogP contribution in [0.4, 0.5) is 0 Å². The normalized spacial score (nSPS) is 11.0. The average molecular weight is 216 g/mol. The molecule has 0 aliphatic rings. The zero-order valence-electron chi connectivity index (χ0n) is 9.81. The molecule has 0 aliphatic carbocycles. The highest BCUT2D eigenvalue weighted by Gasteiger charge is 2.14. The number of hydrogen-bond donors (Lipinski definition) is 1. The minimum Gasteiger partial charge on any atom is -0.504 e. The van der Waals surface area contributed by atoms with Crippen molar-refractivity contribution in [2.45, 2.75) is 26.8 Å². The van der Waals surface area contributed by atoms with Gasteiger partial charge in [-0.3, -0.25) is 4.68 Å². The van der Waals surface area contributed by atoms with Crippen molar-refractivity contribution in [3.8, 4) is 17.0 Å². The maximum atomic E-state index is 9.84. The number of benzene rings is 1. The van der Waals surface area contributed by atoms with Gasteiger partial charge in [-0.1, -0.05) is 23.8 Å². The summed E-state index contributed by atoms with van der Waals surface area (Å²) in [6.45, 7) is 6.13. The van der Waals surface area contributed by atoms with Crippen LogP contribution in [-0.4, -0.2) is 14.9 Å². The zero-order valence-corrected chi connectivity index (χ0v) is 9.81. The lowest BCUT2D eigenvalue weighted by molar-refractivity contribution is 0.473. The molecule has 1 aromatic heterocycles. The Morgan fingerprint density at radius 3 is 2.69 bits per heavy atom. The number of hydrogen-bond acceptors (Lipinski definition) is 2. The maximum absolute atomic E-state index is 9.84. The lowest BCUT2D eigenvalue weighted by atomic mass is 10.1. The zero-order chi connectivity index (χ0) is 11.7. The number of aryl methyl sites for hydroxylation is 1. The summed E-state index contributed by atoms with van der Waals surface area (Å²) in [4.78, 5) is 0. The molecule has 1 aromatic carbocycles. The second kappa shape index (κ2) is 4.00. The smallest absolute Gasteiger partial charge is 0.161 e. The van der Waals surface area contributed by atoms with Gasteiger partial charge in [0.2, 0.25) is 0 Å². The Morgan fingerprint density at radius 2 is 2.06 bits per heavy atom. The van der Waals surface area contributed by atoms with Gasteiger partial charge in [0.15, 0.2) is 5.75 Å². The first-order valence-corrected chi connectivity index (χ1v) is 5.43. The molecule has 0 saturated carbocycles. The van der Waals surface area contributed by atoms with Gasteiger partial charge in [-0.2, -0.15) is 5.10 Å². The fourth-order valence-electron chi connectivity index (χ4n) is 1.82. The van der Waals surface area contributed by atoms with Crippen molar-refractivity contribution in [1.29, 1.82) is 0 Å². The van der Waals surface area contributed by atoms with Crippen LogP contribution in [0.5, 0.6) is 5.75 Å². The number of aromatic hydroxyl groups is 1. The molecule has 0 spiro atoms. The van der Waals surface area contributed by atoms with Crippen molar-refractivity contribution in [2.75, 3.05) is 0 Å². The monoisotopic (exact) mass is 216 g/mol. The SMILES string of the molecule is Cc1cccc(-c2c(O)cnn2C(C)C)c1. The molecule has 3 nitrogen and oxygen atoms in total. The van der Waals surface area contributed by atoms with E-state index in [0.717, 1.165) is 11.3 Å². The van der Waals surface area contributed by atoms with Crippen LogP contribution in [0.3, 0.4) is 0 Å². The van der Waals surface area contributed by atoms with Crippen LogP contribution in [0.1, 0.15) is 25.5 Å². The highest BCUT2D eigenvalue weighted by Crippen LogP contribution is 2.31. The standard InChI is InChI=1S/C13H16N2O/c1-9(2)15-13(12(16)8-14-15)11-6-4-5-10(3)7-11/h4-9,16H,1-3H3. The number of nitrogens with zero attached hydrogens (tertiary/aromatic N) is 2. The summed E-state index contributed by atoms with van der Waals surface area (Å²) in [6, 6.07) is 8.30. The van der Waals surface area contributed by atoms with Gasteiger partial charge in [0, 0.05) is 11.6 Å². The van der Waals surface area contributed by atoms with Gasteiger partial charge in [-0.05, 0) is 26.8 Å². The first-order valence-electron chi connectivity index (χ1n) is 5.43. The Labute approximate surface area is 95.3 Å². The van der Waals surface area contributed by atoms with Crippen LogP contribution in [0.25, 0.3) is 11.3 Å². The third kappa shape index (κ3) is 1.81. The van der Waals surface area contributed by atoms with E-state index >= 15 is 0 Å². The molecule has 0 saturated heterocycles. The predicted octanol–water partition coefficient (Wildman–Crippen LogP) is 3.15. The quantitative estimate of drug-likeness (QED) is 0.837. The summed E-state index contributed by atoms with van der Waals surface area (Å²) in [5.41, 5.74) is 2.97. The molecule has 0 aliphatic heterocycles. The lowest BCUT2D eigenvalue weighted by Gasteiger charge is -2.11. The fraction of sp³-hybridized carbons (Fsp3) is 0.308. The molecule has 84 valence electrons. The van der Waals surface area contributed by atoms with E-state index in [4.69, 9.17) is 0 Å². The Morgan fingerprint density at radius 1 is 1.31 bits per heavy atom.